The van der Waals surface area contributed by atoms with Gasteiger partial charge in [-0.3, -0.25) is 13.9 Å². The summed E-state index contributed by atoms with van der Waals surface area (Å²) in [6.07, 6.45) is -2.41. The standard InChI is InChI=1S/C19H25F3N4O2S/c1-11-13(10-23-24-18(2,3)4)29-16-14(11)15(27)26(12-6-7-12)17(28)25(16)9-5-8-19(20,21)22/h10,12,24H,5-9H2,1-4H3. The van der Waals surface area contributed by atoms with Gasteiger partial charge in [0, 0.05) is 24.5 Å². The fourth-order valence-electron chi connectivity index (χ4n) is 3.08. The molecule has 2 aromatic heterocycles. The molecule has 0 amide bonds. The van der Waals surface area contributed by atoms with E-state index in [1.165, 1.54) is 20.5 Å². The number of nitrogens with one attached hydrogen (secondary N) is 1. The summed E-state index contributed by atoms with van der Waals surface area (Å²) in [6, 6.07) is -0.160. The van der Waals surface area contributed by atoms with Gasteiger partial charge in [-0.2, -0.15) is 18.3 Å². The third kappa shape index (κ3) is 4.91. The van der Waals surface area contributed by atoms with Gasteiger partial charge < -0.3 is 5.43 Å². The summed E-state index contributed by atoms with van der Waals surface area (Å²) in [6.45, 7) is 7.55. The van der Waals surface area contributed by atoms with Crippen molar-refractivity contribution in [3.63, 3.8) is 0 Å². The first-order valence-corrected chi connectivity index (χ1v) is 10.4. The third-order valence-electron chi connectivity index (χ3n) is 4.62. The van der Waals surface area contributed by atoms with Crippen molar-refractivity contribution < 1.29 is 13.2 Å². The Labute approximate surface area is 170 Å². The topological polar surface area (TPSA) is 68.4 Å². The van der Waals surface area contributed by atoms with E-state index >= 15 is 0 Å². The highest BCUT2D eigenvalue weighted by Crippen LogP contribution is 2.34. The quantitative estimate of drug-likeness (QED) is 0.558. The summed E-state index contributed by atoms with van der Waals surface area (Å²) < 4.78 is 40.3. The maximum atomic E-state index is 13.0. The zero-order valence-electron chi connectivity index (χ0n) is 16.9. The highest BCUT2D eigenvalue weighted by Gasteiger charge is 2.31. The summed E-state index contributed by atoms with van der Waals surface area (Å²) in [5, 5.41) is 4.60. The molecule has 1 fully saturated rings. The van der Waals surface area contributed by atoms with E-state index in [1.807, 2.05) is 20.8 Å². The molecule has 0 bridgehead atoms. The van der Waals surface area contributed by atoms with E-state index in [4.69, 9.17) is 0 Å². The number of fused-ring (bicyclic) bond motifs is 1. The third-order valence-corrected chi connectivity index (χ3v) is 5.87. The van der Waals surface area contributed by atoms with Gasteiger partial charge in [-0.25, -0.2) is 4.79 Å². The Kier molecular flexibility index (Phi) is 5.68. The Balaban J connectivity index is 2.09. The largest absolute Gasteiger partial charge is 0.389 e. The van der Waals surface area contributed by atoms with Crippen molar-refractivity contribution in [2.24, 2.45) is 5.10 Å². The van der Waals surface area contributed by atoms with Crippen LogP contribution in [0.4, 0.5) is 13.2 Å². The van der Waals surface area contributed by atoms with Crippen LogP contribution in [0.25, 0.3) is 10.2 Å². The normalized spacial score (nSPS) is 15.6. The predicted molar refractivity (Wildman–Crippen MR) is 109 cm³/mol. The molecule has 1 N–H and O–H groups in total. The fourth-order valence-corrected chi connectivity index (χ4v) is 4.27. The van der Waals surface area contributed by atoms with Crippen LogP contribution in [0.2, 0.25) is 0 Å². The average molecular weight is 430 g/mol. The molecule has 1 aliphatic carbocycles. The van der Waals surface area contributed by atoms with Crippen molar-refractivity contribution in [3.8, 4) is 0 Å². The number of aromatic nitrogens is 2. The minimum Gasteiger partial charge on any atom is -0.305 e. The Hall–Kier alpha value is -2.10. The Bertz CT molecular complexity index is 1050. The second kappa shape index (κ2) is 7.62. The monoisotopic (exact) mass is 430 g/mol. The highest BCUT2D eigenvalue weighted by atomic mass is 32.1. The molecule has 1 aliphatic rings. The molecule has 0 aromatic carbocycles. The highest BCUT2D eigenvalue weighted by molar-refractivity contribution is 7.20. The Morgan fingerprint density at radius 1 is 1.24 bits per heavy atom. The molecule has 2 heterocycles. The van der Waals surface area contributed by atoms with Crippen LogP contribution in [0.1, 0.15) is 62.9 Å². The fraction of sp³-hybridized carbons (Fsp3) is 0.632. The van der Waals surface area contributed by atoms with Gasteiger partial charge >= 0.3 is 11.9 Å². The van der Waals surface area contributed by atoms with E-state index in [9.17, 15) is 22.8 Å². The van der Waals surface area contributed by atoms with Crippen LogP contribution in [0.5, 0.6) is 0 Å². The summed E-state index contributed by atoms with van der Waals surface area (Å²) in [5.74, 6) is 0. The zero-order chi connectivity index (χ0) is 21.6. The van der Waals surface area contributed by atoms with Gasteiger partial charge in [0.1, 0.15) is 4.83 Å². The lowest BCUT2D eigenvalue weighted by Gasteiger charge is -2.16. The number of hydrogen-bond acceptors (Lipinski definition) is 5. The Morgan fingerprint density at radius 3 is 2.45 bits per heavy atom. The maximum absolute atomic E-state index is 13.0. The molecule has 0 radical (unpaired) electrons. The van der Waals surface area contributed by atoms with Gasteiger partial charge in [0.05, 0.1) is 16.5 Å². The second-order valence-corrected chi connectivity index (χ2v) is 9.48. The van der Waals surface area contributed by atoms with Gasteiger partial charge in [-0.15, -0.1) is 11.3 Å². The Morgan fingerprint density at radius 2 is 1.90 bits per heavy atom. The first kappa shape index (κ1) is 21.6. The van der Waals surface area contributed by atoms with Crippen molar-refractivity contribution in [3.05, 3.63) is 31.3 Å². The molecule has 2 aromatic rings. The first-order chi connectivity index (χ1) is 13.4. The maximum Gasteiger partial charge on any atom is 0.389 e. The number of nitrogens with zero attached hydrogens (tertiary/aromatic N) is 3. The number of alkyl halides is 3. The molecule has 1 saturated carbocycles. The molecule has 0 spiro atoms. The van der Waals surface area contributed by atoms with Crippen molar-refractivity contribution in [2.45, 2.75) is 77.7 Å². The van der Waals surface area contributed by atoms with Gasteiger partial charge in [-0.05, 0) is 52.5 Å². The molecular formula is C19H25F3N4O2S. The smallest absolute Gasteiger partial charge is 0.305 e. The number of halogens is 3. The van der Waals surface area contributed by atoms with Crippen LogP contribution >= 0.6 is 11.3 Å². The van der Waals surface area contributed by atoms with Crippen molar-refractivity contribution in [1.29, 1.82) is 0 Å². The predicted octanol–water partition coefficient (Wildman–Crippen LogP) is 3.93. The van der Waals surface area contributed by atoms with Crippen LogP contribution in [0, 0.1) is 6.92 Å². The van der Waals surface area contributed by atoms with Crippen LogP contribution < -0.4 is 16.7 Å². The van der Waals surface area contributed by atoms with Crippen molar-refractivity contribution >= 4 is 27.8 Å². The molecule has 0 atom stereocenters. The first-order valence-electron chi connectivity index (χ1n) is 9.54. The zero-order valence-corrected chi connectivity index (χ0v) is 17.7. The van der Waals surface area contributed by atoms with Crippen molar-refractivity contribution in [2.75, 3.05) is 0 Å². The summed E-state index contributed by atoms with van der Waals surface area (Å²) in [7, 11) is 0. The molecule has 3 rings (SSSR count). The van der Waals surface area contributed by atoms with E-state index < -0.39 is 18.3 Å². The molecule has 0 unspecified atom stereocenters. The number of thiophene rings is 1. The van der Waals surface area contributed by atoms with Crippen LogP contribution in [-0.2, 0) is 6.54 Å². The van der Waals surface area contributed by atoms with Crippen LogP contribution in [0.3, 0.4) is 0 Å². The van der Waals surface area contributed by atoms with E-state index in [0.29, 0.717) is 20.7 Å². The molecule has 6 nitrogen and oxygen atoms in total. The van der Waals surface area contributed by atoms with Gasteiger partial charge in [0.25, 0.3) is 5.56 Å². The molecular weight excluding hydrogens is 405 g/mol. The molecule has 10 heteroatoms. The number of hydrazone groups is 1. The van der Waals surface area contributed by atoms with E-state index in [-0.39, 0.29) is 30.1 Å². The van der Waals surface area contributed by atoms with E-state index in [2.05, 4.69) is 10.5 Å². The van der Waals surface area contributed by atoms with Crippen LogP contribution in [-0.4, -0.2) is 27.1 Å². The average Bonchev–Trinajstić information content (AvgIpc) is 3.33. The number of aryl methyl sites for hydroxylation is 2. The molecule has 160 valence electrons. The minimum atomic E-state index is -4.28. The number of hydrogen-bond donors (Lipinski definition) is 1. The lowest BCUT2D eigenvalue weighted by molar-refractivity contribution is -0.135. The minimum absolute atomic E-state index is 0.0847. The molecule has 29 heavy (non-hydrogen) atoms. The van der Waals surface area contributed by atoms with Gasteiger partial charge in [0.2, 0.25) is 0 Å². The summed E-state index contributed by atoms with van der Waals surface area (Å²) >= 11 is 1.21. The number of rotatable bonds is 6. The van der Waals surface area contributed by atoms with E-state index in [0.717, 1.165) is 12.8 Å². The lowest BCUT2D eigenvalue weighted by Crippen LogP contribution is -2.39. The molecule has 0 saturated heterocycles. The summed E-state index contributed by atoms with van der Waals surface area (Å²) in [5.41, 5.74) is 2.54. The van der Waals surface area contributed by atoms with Gasteiger partial charge in [-0.1, -0.05) is 0 Å². The van der Waals surface area contributed by atoms with Gasteiger partial charge in [0.15, 0.2) is 0 Å². The summed E-state index contributed by atoms with van der Waals surface area (Å²) in [4.78, 5) is 27.0. The van der Waals surface area contributed by atoms with Crippen molar-refractivity contribution in [1.82, 2.24) is 14.6 Å². The molecule has 0 aliphatic heterocycles. The van der Waals surface area contributed by atoms with Crippen LogP contribution in [0.15, 0.2) is 14.7 Å². The second-order valence-electron chi connectivity index (χ2n) is 8.45. The van der Waals surface area contributed by atoms with E-state index in [1.54, 1.807) is 13.1 Å². The lowest BCUT2D eigenvalue weighted by atomic mass is 10.1. The SMILES string of the molecule is Cc1c(C=NNC(C)(C)C)sc2c1c(=O)n(C1CC1)c(=O)n2CCCC(F)(F)F.